The van der Waals surface area contributed by atoms with Gasteiger partial charge in [0.15, 0.2) is 23.3 Å². The van der Waals surface area contributed by atoms with Crippen LogP contribution in [0, 0.1) is 23.3 Å². The summed E-state index contributed by atoms with van der Waals surface area (Å²) in [6, 6.07) is 0. The summed E-state index contributed by atoms with van der Waals surface area (Å²) in [7, 11) is 0. The van der Waals surface area contributed by atoms with Crippen LogP contribution in [0.15, 0.2) is 0 Å². The van der Waals surface area contributed by atoms with Crippen molar-refractivity contribution in [2.75, 3.05) is 0 Å². The molecule has 0 unspecified atom stereocenters. The Morgan fingerprint density at radius 1 is 0.867 bits per heavy atom. The highest BCUT2D eigenvalue weighted by molar-refractivity contribution is 5.31. The Morgan fingerprint density at radius 3 is 1.73 bits per heavy atom. The maximum absolute atomic E-state index is 13.2. The van der Waals surface area contributed by atoms with Crippen LogP contribution in [0.2, 0.25) is 0 Å². The van der Waals surface area contributed by atoms with E-state index in [4.69, 9.17) is 5.11 Å². The standard InChI is InChI=1S/C10H10F4O/c1-2-3-5-6(4-15)8(12)10(14)9(13)7(5)11/h15H,2-4H2,1H3. The predicted molar refractivity (Wildman–Crippen MR) is 46.2 cm³/mol. The van der Waals surface area contributed by atoms with Crippen LogP contribution in [0.3, 0.4) is 0 Å². The van der Waals surface area contributed by atoms with Gasteiger partial charge >= 0.3 is 0 Å². The smallest absolute Gasteiger partial charge is 0.197 e. The molecule has 1 rings (SSSR count). The minimum atomic E-state index is -1.88. The third kappa shape index (κ3) is 1.97. The van der Waals surface area contributed by atoms with Crippen LogP contribution in [-0.4, -0.2) is 5.11 Å². The van der Waals surface area contributed by atoms with E-state index in [0.717, 1.165) is 0 Å². The molecule has 0 atom stereocenters. The Bertz CT molecular complexity index is 376. The highest BCUT2D eigenvalue weighted by atomic mass is 19.2. The molecule has 0 bridgehead atoms. The molecule has 15 heavy (non-hydrogen) atoms. The second-order valence-electron chi connectivity index (χ2n) is 3.12. The fourth-order valence-corrected chi connectivity index (χ4v) is 1.40. The van der Waals surface area contributed by atoms with E-state index in [1.54, 1.807) is 6.92 Å². The minimum Gasteiger partial charge on any atom is -0.392 e. The number of hydrogen-bond donors (Lipinski definition) is 1. The molecule has 84 valence electrons. The molecule has 0 radical (unpaired) electrons. The van der Waals surface area contributed by atoms with Gasteiger partial charge in [-0.1, -0.05) is 13.3 Å². The van der Waals surface area contributed by atoms with Crippen LogP contribution < -0.4 is 0 Å². The van der Waals surface area contributed by atoms with Crippen LogP contribution >= 0.6 is 0 Å². The average Bonchev–Trinajstić information content (AvgIpc) is 2.24. The SMILES string of the molecule is CCCc1c(F)c(F)c(F)c(F)c1CO. The van der Waals surface area contributed by atoms with Gasteiger partial charge in [0.25, 0.3) is 0 Å². The number of benzene rings is 1. The van der Waals surface area contributed by atoms with Crippen molar-refractivity contribution in [3.63, 3.8) is 0 Å². The van der Waals surface area contributed by atoms with Crippen molar-refractivity contribution in [2.45, 2.75) is 26.4 Å². The van der Waals surface area contributed by atoms with E-state index in [1.807, 2.05) is 0 Å². The second kappa shape index (κ2) is 4.61. The molecule has 0 fully saturated rings. The molecule has 1 aromatic rings. The number of aliphatic hydroxyl groups is 1. The third-order valence-electron chi connectivity index (χ3n) is 2.13. The van der Waals surface area contributed by atoms with E-state index in [1.165, 1.54) is 0 Å². The Balaban J connectivity index is 3.47. The van der Waals surface area contributed by atoms with E-state index in [9.17, 15) is 17.6 Å². The summed E-state index contributed by atoms with van der Waals surface area (Å²) in [5.74, 6) is -6.63. The van der Waals surface area contributed by atoms with Crippen LogP contribution in [0.1, 0.15) is 24.5 Å². The summed E-state index contributed by atoms with van der Waals surface area (Å²) >= 11 is 0. The Morgan fingerprint density at radius 2 is 1.33 bits per heavy atom. The zero-order valence-electron chi connectivity index (χ0n) is 8.08. The molecule has 1 nitrogen and oxygen atoms in total. The Hall–Kier alpha value is -1.10. The van der Waals surface area contributed by atoms with Crippen LogP contribution in [-0.2, 0) is 13.0 Å². The summed E-state index contributed by atoms with van der Waals surface area (Å²) in [6.45, 7) is 0.828. The van der Waals surface area contributed by atoms with E-state index >= 15 is 0 Å². The average molecular weight is 222 g/mol. The lowest BCUT2D eigenvalue weighted by atomic mass is 10.0. The highest BCUT2D eigenvalue weighted by Gasteiger charge is 2.23. The first-order chi connectivity index (χ1) is 7.04. The minimum absolute atomic E-state index is 0.0514. The summed E-state index contributed by atoms with van der Waals surface area (Å²) < 4.78 is 51.8. The molecule has 0 saturated carbocycles. The molecule has 0 aromatic heterocycles. The van der Waals surface area contributed by atoms with E-state index in [0.29, 0.717) is 6.42 Å². The van der Waals surface area contributed by atoms with Crippen molar-refractivity contribution in [1.29, 1.82) is 0 Å². The van der Waals surface area contributed by atoms with Gasteiger partial charge in [0.05, 0.1) is 6.61 Å². The first-order valence-corrected chi connectivity index (χ1v) is 4.49. The van der Waals surface area contributed by atoms with Gasteiger partial charge in [0.1, 0.15) is 0 Å². The van der Waals surface area contributed by atoms with Crippen LogP contribution in [0.25, 0.3) is 0 Å². The first-order valence-electron chi connectivity index (χ1n) is 4.49. The lowest BCUT2D eigenvalue weighted by Crippen LogP contribution is -2.08. The number of hydrogen-bond acceptors (Lipinski definition) is 1. The van der Waals surface area contributed by atoms with Crippen molar-refractivity contribution in [2.24, 2.45) is 0 Å². The summed E-state index contributed by atoms with van der Waals surface area (Å²) in [5.41, 5.74) is -0.801. The van der Waals surface area contributed by atoms with E-state index < -0.39 is 35.4 Å². The van der Waals surface area contributed by atoms with E-state index in [2.05, 4.69) is 0 Å². The molecule has 1 aromatic carbocycles. The van der Waals surface area contributed by atoms with Crippen molar-refractivity contribution < 1.29 is 22.7 Å². The monoisotopic (exact) mass is 222 g/mol. The van der Waals surface area contributed by atoms with Gasteiger partial charge in [0.2, 0.25) is 0 Å². The Labute approximate surface area is 84.3 Å². The quantitative estimate of drug-likeness (QED) is 0.473. The maximum Gasteiger partial charge on any atom is 0.197 e. The third-order valence-corrected chi connectivity index (χ3v) is 2.13. The largest absolute Gasteiger partial charge is 0.392 e. The van der Waals surface area contributed by atoms with Gasteiger partial charge in [-0.3, -0.25) is 0 Å². The van der Waals surface area contributed by atoms with Crippen LogP contribution in [0.5, 0.6) is 0 Å². The van der Waals surface area contributed by atoms with Crippen molar-refractivity contribution >= 4 is 0 Å². The molecule has 0 aliphatic heterocycles. The molecule has 5 heteroatoms. The highest BCUT2D eigenvalue weighted by Crippen LogP contribution is 2.25. The first kappa shape index (κ1) is 12.0. The van der Waals surface area contributed by atoms with E-state index in [-0.39, 0.29) is 12.0 Å². The van der Waals surface area contributed by atoms with Gasteiger partial charge in [-0.05, 0) is 12.0 Å². The molecule has 0 amide bonds. The van der Waals surface area contributed by atoms with Gasteiger partial charge in [0, 0.05) is 5.56 Å². The van der Waals surface area contributed by atoms with Gasteiger partial charge in [-0.25, -0.2) is 17.6 Å². The molecule has 0 heterocycles. The predicted octanol–water partition coefficient (Wildman–Crippen LogP) is 2.69. The Kier molecular flexibility index (Phi) is 3.68. The number of halogens is 4. The lowest BCUT2D eigenvalue weighted by Gasteiger charge is -2.10. The van der Waals surface area contributed by atoms with Crippen molar-refractivity contribution in [3.05, 3.63) is 34.4 Å². The zero-order chi connectivity index (χ0) is 11.6. The summed E-state index contributed by atoms with van der Waals surface area (Å²) in [5, 5.41) is 8.77. The van der Waals surface area contributed by atoms with Crippen LogP contribution in [0.4, 0.5) is 17.6 Å². The summed E-state index contributed by atoms with van der Waals surface area (Å²) in [4.78, 5) is 0. The maximum atomic E-state index is 13.2. The van der Waals surface area contributed by atoms with Gasteiger partial charge in [-0.2, -0.15) is 0 Å². The van der Waals surface area contributed by atoms with Gasteiger partial charge in [-0.15, -0.1) is 0 Å². The molecule has 0 saturated heterocycles. The lowest BCUT2D eigenvalue weighted by molar-refractivity contribution is 0.267. The zero-order valence-corrected chi connectivity index (χ0v) is 8.08. The number of aliphatic hydroxyl groups excluding tert-OH is 1. The van der Waals surface area contributed by atoms with Gasteiger partial charge < -0.3 is 5.11 Å². The molecule has 0 aliphatic rings. The molecule has 1 N–H and O–H groups in total. The topological polar surface area (TPSA) is 20.2 Å². The number of rotatable bonds is 3. The second-order valence-corrected chi connectivity index (χ2v) is 3.12. The molecule has 0 aliphatic carbocycles. The molecular weight excluding hydrogens is 212 g/mol. The summed E-state index contributed by atoms with van der Waals surface area (Å²) in [6.07, 6.45) is 0.490. The fraction of sp³-hybridized carbons (Fsp3) is 0.400. The molecular formula is C10H10F4O. The normalized spacial score (nSPS) is 10.8. The van der Waals surface area contributed by atoms with Crippen molar-refractivity contribution in [1.82, 2.24) is 0 Å². The fourth-order valence-electron chi connectivity index (χ4n) is 1.40. The molecule has 0 spiro atoms. The van der Waals surface area contributed by atoms with Crippen molar-refractivity contribution in [3.8, 4) is 0 Å².